The molecule has 0 saturated heterocycles. The third-order valence-electron chi connectivity index (χ3n) is 2.12. The molecule has 0 atom stereocenters. The van der Waals surface area contributed by atoms with Crippen LogP contribution in [0.3, 0.4) is 0 Å². The van der Waals surface area contributed by atoms with E-state index in [0.717, 1.165) is 0 Å². The van der Waals surface area contributed by atoms with Crippen LogP contribution in [0.1, 0.15) is 10.4 Å². The SMILES string of the molecule is O=C(Nc1cc(Br)cnc1Cl)c1c[nH]ccc1=O. The number of pyridine rings is 2. The van der Waals surface area contributed by atoms with Gasteiger partial charge in [-0.3, -0.25) is 9.59 Å². The molecule has 0 saturated carbocycles. The number of hydrogen-bond acceptors (Lipinski definition) is 3. The van der Waals surface area contributed by atoms with Crippen molar-refractivity contribution in [1.29, 1.82) is 0 Å². The summed E-state index contributed by atoms with van der Waals surface area (Å²) in [7, 11) is 0. The first-order valence-corrected chi connectivity index (χ1v) is 6.04. The van der Waals surface area contributed by atoms with Crippen LogP contribution in [0.5, 0.6) is 0 Å². The first-order valence-electron chi connectivity index (χ1n) is 4.87. The molecule has 7 heteroatoms. The van der Waals surface area contributed by atoms with E-state index >= 15 is 0 Å². The molecule has 18 heavy (non-hydrogen) atoms. The summed E-state index contributed by atoms with van der Waals surface area (Å²) in [6, 6.07) is 2.88. The summed E-state index contributed by atoms with van der Waals surface area (Å²) in [5.41, 5.74) is -0.0295. The highest BCUT2D eigenvalue weighted by Gasteiger charge is 2.12. The third-order valence-corrected chi connectivity index (χ3v) is 2.86. The largest absolute Gasteiger partial charge is 0.367 e. The molecule has 0 bridgehead atoms. The number of aromatic nitrogens is 2. The zero-order valence-corrected chi connectivity index (χ0v) is 11.2. The first-order chi connectivity index (χ1) is 8.58. The molecule has 0 unspecified atom stereocenters. The van der Waals surface area contributed by atoms with Crippen LogP contribution in [-0.2, 0) is 0 Å². The van der Waals surface area contributed by atoms with Gasteiger partial charge in [0, 0.05) is 29.1 Å². The lowest BCUT2D eigenvalue weighted by Crippen LogP contribution is -2.21. The average molecular weight is 329 g/mol. The Labute approximate surface area is 115 Å². The number of H-pyrrole nitrogens is 1. The Morgan fingerprint density at radius 2 is 2.28 bits per heavy atom. The highest BCUT2D eigenvalue weighted by molar-refractivity contribution is 9.10. The minimum Gasteiger partial charge on any atom is -0.367 e. The molecule has 0 aliphatic rings. The number of anilines is 1. The lowest BCUT2D eigenvalue weighted by atomic mass is 10.2. The van der Waals surface area contributed by atoms with E-state index < -0.39 is 5.91 Å². The van der Waals surface area contributed by atoms with Crippen LogP contribution < -0.4 is 10.7 Å². The number of halogens is 2. The zero-order chi connectivity index (χ0) is 13.1. The normalized spacial score (nSPS) is 10.1. The van der Waals surface area contributed by atoms with Crippen molar-refractivity contribution in [2.24, 2.45) is 0 Å². The van der Waals surface area contributed by atoms with E-state index in [1.807, 2.05) is 0 Å². The van der Waals surface area contributed by atoms with E-state index in [9.17, 15) is 9.59 Å². The second-order valence-corrected chi connectivity index (χ2v) is 4.64. The number of hydrogen-bond donors (Lipinski definition) is 2. The summed E-state index contributed by atoms with van der Waals surface area (Å²) in [4.78, 5) is 29.9. The Kier molecular flexibility index (Phi) is 3.78. The third kappa shape index (κ3) is 2.77. The van der Waals surface area contributed by atoms with Gasteiger partial charge in [0.2, 0.25) is 0 Å². The summed E-state index contributed by atoms with van der Waals surface area (Å²) < 4.78 is 0.671. The van der Waals surface area contributed by atoms with Crippen molar-refractivity contribution in [3.05, 3.63) is 56.1 Å². The lowest BCUT2D eigenvalue weighted by Gasteiger charge is -2.06. The van der Waals surface area contributed by atoms with Gasteiger partial charge in [0.1, 0.15) is 5.56 Å². The van der Waals surface area contributed by atoms with Gasteiger partial charge in [0.15, 0.2) is 10.6 Å². The van der Waals surface area contributed by atoms with Crippen molar-refractivity contribution < 1.29 is 4.79 Å². The predicted octanol–water partition coefficient (Wildman–Crippen LogP) is 2.44. The van der Waals surface area contributed by atoms with E-state index in [1.165, 1.54) is 24.7 Å². The summed E-state index contributed by atoms with van der Waals surface area (Å²) in [6.07, 6.45) is 4.29. The number of carbonyl (C=O) groups excluding carboxylic acids is 1. The molecule has 2 rings (SSSR count). The maximum absolute atomic E-state index is 11.9. The number of aromatic amines is 1. The number of rotatable bonds is 2. The van der Waals surface area contributed by atoms with Crippen LogP contribution >= 0.6 is 27.5 Å². The van der Waals surface area contributed by atoms with E-state index in [0.29, 0.717) is 10.2 Å². The number of carbonyl (C=O) groups is 1. The standard InChI is InChI=1S/C11H7BrClN3O2/c12-6-3-8(10(13)15-4-6)16-11(18)7-5-14-2-1-9(7)17/h1-5H,(H,14,17)(H,16,18). The fourth-order valence-corrected chi connectivity index (χ4v) is 1.78. The van der Waals surface area contributed by atoms with Crippen LogP contribution in [-0.4, -0.2) is 15.9 Å². The molecule has 0 aliphatic carbocycles. The van der Waals surface area contributed by atoms with E-state index in [1.54, 1.807) is 6.07 Å². The summed E-state index contributed by atoms with van der Waals surface area (Å²) >= 11 is 9.05. The van der Waals surface area contributed by atoms with Gasteiger partial charge in [0.05, 0.1) is 5.69 Å². The Morgan fingerprint density at radius 1 is 1.50 bits per heavy atom. The number of nitrogens with zero attached hydrogens (tertiary/aromatic N) is 1. The molecule has 0 aliphatic heterocycles. The smallest absolute Gasteiger partial charge is 0.261 e. The van der Waals surface area contributed by atoms with Gasteiger partial charge < -0.3 is 10.3 Å². The van der Waals surface area contributed by atoms with Gasteiger partial charge in [-0.25, -0.2) is 4.98 Å². The molecular formula is C11H7BrClN3O2. The molecule has 1 amide bonds. The highest BCUT2D eigenvalue weighted by Crippen LogP contribution is 2.23. The van der Waals surface area contributed by atoms with Crippen LogP contribution in [0, 0.1) is 0 Å². The fraction of sp³-hybridized carbons (Fsp3) is 0. The van der Waals surface area contributed by atoms with Crippen molar-refractivity contribution in [2.75, 3.05) is 5.32 Å². The molecule has 2 aromatic heterocycles. The molecule has 0 fully saturated rings. The second kappa shape index (κ2) is 5.32. The van der Waals surface area contributed by atoms with Crippen LogP contribution in [0.4, 0.5) is 5.69 Å². The van der Waals surface area contributed by atoms with Crippen molar-refractivity contribution in [3.63, 3.8) is 0 Å². The minimum absolute atomic E-state index is 0.00791. The highest BCUT2D eigenvalue weighted by atomic mass is 79.9. The zero-order valence-electron chi connectivity index (χ0n) is 8.91. The summed E-state index contributed by atoms with van der Waals surface area (Å²) in [5, 5.41) is 2.68. The maximum atomic E-state index is 11.9. The van der Waals surface area contributed by atoms with Crippen molar-refractivity contribution in [3.8, 4) is 0 Å². The van der Waals surface area contributed by atoms with Crippen molar-refractivity contribution in [1.82, 2.24) is 9.97 Å². The molecule has 92 valence electrons. The van der Waals surface area contributed by atoms with Gasteiger partial charge in [-0.15, -0.1) is 0 Å². The second-order valence-electron chi connectivity index (χ2n) is 3.37. The Bertz CT molecular complexity index is 657. The van der Waals surface area contributed by atoms with Gasteiger partial charge in [-0.1, -0.05) is 11.6 Å². The van der Waals surface area contributed by atoms with Crippen LogP contribution in [0.15, 0.2) is 40.0 Å². The van der Waals surface area contributed by atoms with E-state index in [-0.39, 0.29) is 16.1 Å². The van der Waals surface area contributed by atoms with Crippen molar-refractivity contribution >= 4 is 39.1 Å². The summed E-state index contributed by atoms with van der Waals surface area (Å²) in [6.45, 7) is 0. The molecular weight excluding hydrogens is 321 g/mol. The minimum atomic E-state index is -0.543. The van der Waals surface area contributed by atoms with Gasteiger partial charge in [0.25, 0.3) is 5.91 Å². The Hall–Kier alpha value is -1.66. The molecule has 0 spiro atoms. The van der Waals surface area contributed by atoms with Crippen molar-refractivity contribution in [2.45, 2.75) is 0 Å². The topological polar surface area (TPSA) is 74.8 Å². The number of amides is 1. The van der Waals surface area contributed by atoms with Gasteiger partial charge in [-0.2, -0.15) is 0 Å². The maximum Gasteiger partial charge on any atom is 0.261 e. The van der Waals surface area contributed by atoms with E-state index in [2.05, 4.69) is 31.2 Å². The fourth-order valence-electron chi connectivity index (χ4n) is 1.29. The Morgan fingerprint density at radius 3 is 3.00 bits per heavy atom. The molecule has 2 aromatic rings. The molecule has 5 nitrogen and oxygen atoms in total. The molecule has 2 heterocycles. The number of nitrogens with one attached hydrogen (secondary N) is 2. The lowest BCUT2D eigenvalue weighted by molar-refractivity contribution is 0.102. The predicted molar refractivity (Wildman–Crippen MR) is 72.0 cm³/mol. The molecule has 0 aromatic carbocycles. The molecule has 0 radical (unpaired) electrons. The first kappa shape index (κ1) is 12.8. The van der Waals surface area contributed by atoms with Gasteiger partial charge >= 0.3 is 0 Å². The van der Waals surface area contributed by atoms with E-state index in [4.69, 9.17) is 11.6 Å². The summed E-state index contributed by atoms with van der Waals surface area (Å²) in [5.74, 6) is -0.543. The quantitative estimate of drug-likeness (QED) is 0.832. The Balaban J connectivity index is 2.30. The van der Waals surface area contributed by atoms with Gasteiger partial charge in [-0.05, 0) is 22.0 Å². The molecule has 2 N–H and O–H groups in total. The average Bonchev–Trinajstić information content (AvgIpc) is 2.34. The monoisotopic (exact) mass is 327 g/mol. The van der Waals surface area contributed by atoms with Crippen LogP contribution in [0.2, 0.25) is 5.15 Å². The van der Waals surface area contributed by atoms with Crippen LogP contribution in [0.25, 0.3) is 0 Å².